The number of primary sulfonamides is 1. The number of nitrogens with two attached hydrogens (primary N) is 1. The van der Waals surface area contributed by atoms with Gasteiger partial charge in [0, 0.05) is 12.0 Å². The highest BCUT2D eigenvalue weighted by atomic mass is 32.2. The molecule has 0 aliphatic carbocycles. The molecule has 0 amide bonds. The van der Waals surface area contributed by atoms with E-state index in [2.05, 4.69) is 0 Å². The first-order valence-electron chi connectivity index (χ1n) is 4.12. The molecule has 2 N–H and O–H groups in total. The van der Waals surface area contributed by atoms with Gasteiger partial charge in [-0.2, -0.15) is 0 Å². The monoisotopic (exact) mass is 213 g/mol. The van der Waals surface area contributed by atoms with E-state index in [0.29, 0.717) is 0 Å². The van der Waals surface area contributed by atoms with Crippen molar-refractivity contribution in [2.45, 2.75) is 18.2 Å². The summed E-state index contributed by atoms with van der Waals surface area (Å²) in [5.74, 6) is -0.227. The zero-order chi connectivity index (χ0) is 10.8. The second-order valence-corrected chi connectivity index (χ2v) is 4.35. The molecule has 0 radical (unpaired) electrons. The lowest BCUT2D eigenvalue weighted by Crippen LogP contribution is -2.16. The van der Waals surface area contributed by atoms with Gasteiger partial charge in [-0.15, -0.1) is 0 Å². The number of Topliss-reactive ketones (excluding diaryl/α,β-unsaturated/α-hetero) is 1. The van der Waals surface area contributed by atoms with Gasteiger partial charge in [0.2, 0.25) is 10.0 Å². The van der Waals surface area contributed by atoms with Crippen molar-refractivity contribution in [1.29, 1.82) is 0 Å². The minimum absolute atomic E-state index is 0.105. The first-order valence-corrected chi connectivity index (χ1v) is 5.66. The Kier molecular flexibility index (Phi) is 3.03. The predicted molar refractivity (Wildman–Crippen MR) is 52.4 cm³/mol. The van der Waals surface area contributed by atoms with Gasteiger partial charge in [0.25, 0.3) is 0 Å². The molecule has 76 valence electrons. The predicted octanol–water partition coefficient (Wildman–Crippen LogP) is 0.927. The Morgan fingerprint density at radius 1 is 1.36 bits per heavy atom. The third-order valence-electron chi connectivity index (χ3n) is 1.82. The molecule has 14 heavy (non-hydrogen) atoms. The maximum atomic E-state index is 11.4. The van der Waals surface area contributed by atoms with E-state index in [0.717, 1.165) is 0 Å². The van der Waals surface area contributed by atoms with Crippen molar-refractivity contribution in [3.63, 3.8) is 0 Å². The zero-order valence-electron chi connectivity index (χ0n) is 7.73. The fraction of sp³-hybridized carbons (Fsp3) is 0.222. The Labute approximate surface area is 82.8 Å². The molecule has 4 nitrogen and oxygen atoms in total. The molecule has 0 unspecified atom stereocenters. The first-order chi connectivity index (χ1) is 6.46. The maximum absolute atomic E-state index is 11.4. The topological polar surface area (TPSA) is 77.2 Å². The normalized spacial score (nSPS) is 11.3. The van der Waals surface area contributed by atoms with E-state index in [-0.39, 0.29) is 22.7 Å². The molecule has 0 spiro atoms. The molecular formula is C9H11NO3S. The smallest absolute Gasteiger partial charge is 0.238 e. The van der Waals surface area contributed by atoms with Crippen LogP contribution in [0.1, 0.15) is 23.7 Å². The number of carbonyl (C=O) groups is 1. The Morgan fingerprint density at radius 2 is 1.93 bits per heavy atom. The van der Waals surface area contributed by atoms with Crippen LogP contribution in [0.4, 0.5) is 0 Å². The van der Waals surface area contributed by atoms with E-state index in [1.54, 1.807) is 13.0 Å². The van der Waals surface area contributed by atoms with Crippen LogP contribution < -0.4 is 5.14 Å². The van der Waals surface area contributed by atoms with Crippen molar-refractivity contribution in [3.05, 3.63) is 29.8 Å². The summed E-state index contributed by atoms with van der Waals surface area (Å²) in [4.78, 5) is 11.3. The Morgan fingerprint density at radius 3 is 2.43 bits per heavy atom. The maximum Gasteiger partial charge on any atom is 0.238 e. The summed E-state index contributed by atoms with van der Waals surface area (Å²) < 4.78 is 22.2. The Bertz CT molecular complexity index is 451. The molecule has 5 heteroatoms. The minimum Gasteiger partial charge on any atom is -0.294 e. The van der Waals surface area contributed by atoms with Crippen molar-refractivity contribution < 1.29 is 13.2 Å². The summed E-state index contributed by atoms with van der Waals surface area (Å²) in [6, 6.07) is 5.94. The molecule has 0 saturated carbocycles. The number of sulfonamides is 1. The second kappa shape index (κ2) is 3.89. The molecule has 0 fully saturated rings. The Balaban J connectivity index is 3.38. The SMILES string of the molecule is CCC(=O)c1ccccc1S(N)(=O)=O. The van der Waals surface area contributed by atoms with E-state index < -0.39 is 10.0 Å². The number of hydrogen-bond acceptors (Lipinski definition) is 3. The molecular weight excluding hydrogens is 202 g/mol. The van der Waals surface area contributed by atoms with Crippen LogP contribution in [0.15, 0.2) is 29.2 Å². The van der Waals surface area contributed by atoms with Gasteiger partial charge in [-0.05, 0) is 6.07 Å². The van der Waals surface area contributed by atoms with Crippen LogP contribution in [-0.4, -0.2) is 14.2 Å². The van der Waals surface area contributed by atoms with Crippen molar-refractivity contribution in [3.8, 4) is 0 Å². The highest BCUT2D eigenvalue weighted by Crippen LogP contribution is 2.15. The number of rotatable bonds is 3. The van der Waals surface area contributed by atoms with Crippen LogP contribution in [-0.2, 0) is 10.0 Å². The largest absolute Gasteiger partial charge is 0.294 e. The van der Waals surface area contributed by atoms with Gasteiger partial charge in [-0.3, -0.25) is 4.79 Å². The molecule has 0 aliphatic rings. The fourth-order valence-electron chi connectivity index (χ4n) is 1.14. The lowest BCUT2D eigenvalue weighted by molar-refractivity contribution is 0.0985. The van der Waals surface area contributed by atoms with Gasteiger partial charge in [0.15, 0.2) is 5.78 Å². The fourth-order valence-corrected chi connectivity index (χ4v) is 1.89. The molecule has 0 bridgehead atoms. The molecule has 0 atom stereocenters. The number of benzene rings is 1. The van der Waals surface area contributed by atoms with Crippen molar-refractivity contribution >= 4 is 15.8 Å². The molecule has 1 aromatic carbocycles. The third-order valence-corrected chi connectivity index (χ3v) is 2.78. The number of hydrogen-bond donors (Lipinski definition) is 1. The number of carbonyl (C=O) groups excluding carboxylic acids is 1. The lowest BCUT2D eigenvalue weighted by Gasteiger charge is -2.04. The zero-order valence-corrected chi connectivity index (χ0v) is 8.54. The quantitative estimate of drug-likeness (QED) is 0.758. The molecule has 1 aromatic rings. The lowest BCUT2D eigenvalue weighted by atomic mass is 10.1. The van der Waals surface area contributed by atoms with Crippen LogP contribution in [0.25, 0.3) is 0 Å². The summed E-state index contributed by atoms with van der Waals surface area (Å²) in [7, 11) is -3.81. The molecule has 0 saturated heterocycles. The summed E-state index contributed by atoms with van der Waals surface area (Å²) in [5.41, 5.74) is 0.164. The molecule has 1 rings (SSSR count). The van der Waals surface area contributed by atoms with E-state index in [1.165, 1.54) is 18.2 Å². The Hall–Kier alpha value is -1.20. The van der Waals surface area contributed by atoms with E-state index in [4.69, 9.17) is 5.14 Å². The number of ketones is 1. The minimum atomic E-state index is -3.81. The van der Waals surface area contributed by atoms with Crippen LogP contribution >= 0.6 is 0 Å². The van der Waals surface area contributed by atoms with E-state index >= 15 is 0 Å². The molecule has 0 aliphatic heterocycles. The molecule has 0 aromatic heterocycles. The average molecular weight is 213 g/mol. The van der Waals surface area contributed by atoms with Gasteiger partial charge in [0.05, 0.1) is 4.90 Å². The standard InChI is InChI=1S/C9H11NO3S/c1-2-8(11)7-5-3-4-6-9(7)14(10,12)13/h3-6H,2H2,1H3,(H2,10,12,13). The third kappa shape index (κ3) is 2.18. The van der Waals surface area contributed by atoms with Gasteiger partial charge in [-0.1, -0.05) is 25.1 Å². The van der Waals surface area contributed by atoms with Crippen LogP contribution in [0.5, 0.6) is 0 Å². The van der Waals surface area contributed by atoms with Gasteiger partial charge in [-0.25, -0.2) is 13.6 Å². The van der Waals surface area contributed by atoms with Gasteiger partial charge >= 0.3 is 0 Å². The first kappa shape index (κ1) is 10.9. The molecule has 0 heterocycles. The van der Waals surface area contributed by atoms with Crippen molar-refractivity contribution in [1.82, 2.24) is 0 Å². The van der Waals surface area contributed by atoms with Gasteiger partial charge in [0.1, 0.15) is 0 Å². The second-order valence-electron chi connectivity index (χ2n) is 2.82. The van der Waals surface area contributed by atoms with Crippen LogP contribution in [0.3, 0.4) is 0 Å². The highest BCUT2D eigenvalue weighted by Gasteiger charge is 2.16. The summed E-state index contributed by atoms with van der Waals surface area (Å²) in [6.45, 7) is 1.67. The summed E-state index contributed by atoms with van der Waals surface area (Å²) >= 11 is 0. The van der Waals surface area contributed by atoms with E-state index in [9.17, 15) is 13.2 Å². The van der Waals surface area contributed by atoms with Crippen LogP contribution in [0, 0.1) is 0 Å². The van der Waals surface area contributed by atoms with Crippen LogP contribution in [0.2, 0.25) is 0 Å². The van der Waals surface area contributed by atoms with E-state index in [1.807, 2.05) is 0 Å². The summed E-state index contributed by atoms with van der Waals surface area (Å²) in [5, 5.41) is 4.97. The average Bonchev–Trinajstić information content (AvgIpc) is 2.15. The van der Waals surface area contributed by atoms with Crippen molar-refractivity contribution in [2.75, 3.05) is 0 Å². The van der Waals surface area contributed by atoms with Crippen molar-refractivity contribution in [2.24, 2.45) is 5.14 Å². The summed E-state index contributed by atoms with van der Waals surface area (Å²) in [6.07, 6.45) is 0.256. The van der Waals surface area contributed by atoms with Gasteiger partial charge < -0.3 is 0 Å². The highest BCUT2D eigenvalue weighted by molar-refractivity contribution is 7.89.